The van der Waals surface area contributed by atoms with Gasteiger partial charge in [-0.3, -0.25) is 0 Å². The molecule has 0 saturated heterocycles. The molecule has 4 nitrogen and oxygen atoms in total. The molecule has 1 aromatic carbocycles. The number of halogens is 2. The summed E-state index contributed by atoms with van der Waals surface area (Å²) >= 11 is 5.73. The fourth-order valence-corrected chi connectivity index (χ4v) is 1.85. The molecule has 0 unspecified atom stereocenters. The lowest BCUT2D eigenvalue weighted by molar-refractivity contribution is 0.329. The molecular formula is C14H15ClFN3O. The summed E-state index contributed by atoms with van der Waals surface area (Å²) in [6, 6.07) is 8.04. The molecule has 2 rings (SSSR count). The summed E-state index contributed by atoms with van der Waals surface area (Å²) in [5, 5.41) is 3.21. The summed E-state index contributed by atoms with van der Waals surface area (Å²) in [6.45, 7) is 2.83. The Balaban J connectivity index is 2.06. The number of pyridine rings is 1. The van der Waals surface area contributed by atoms with Gasteiger partial charge < -0.3 is 15.8 Å². The van der Waals surface area contributed by atoms with Crippen LogP contribution in [0.15, 0.2) is 30.3 Å². The number of nitrogens with two attached hydrogens (primary N) is 1. The molecule has 0 saturated carbocycles. The van der Waals surface area contributed by atoms with Gasteiger partial charge >= 0.3 is 0 Å². The summed E-state index contributed by atoms with van der Waals surface area (Å²) in [5.41, 5.74) is 7.09. The number of anilines is 2. The number of nitrogens with one attached hydrogen (secondary N) is 1. The number of nitrogens with zero attached hydrogens (tertiary/aromatic N) is 1. The monoisotopic (exact) mass is 295 g/mol. The first-order valence-electron chi connectivity index (χ1n) is 6.17. The minimum Gasteiger partial charge on any atom is -0.476 e. The van der Waals surface area contributed by atoms with Crippen molar-refractivity contribution in [3.63, 3.8) is 0 Å². The van der Waals surface area contributed by atoms with Crippen molar-refractivity contribution in [2.45, 2.75) is 13.5 Å². The third kappa shape index (κ3) is 3.51. The smallest absolute Gasteiger partial charge is 0.239 e. The van der Waals surface area contributed by atoms with Crippen LogP contribution in [0, 0.1) is 5.82 Å². The Hall–Kier alpha value is -2.01. The Bertz CT molecular complexity index is 607. The van der Waals surface area contributed by atoms with Crippen molar-refractivity contribution < 1.29 is 9.13 Å². The van der Waals surface area contributed by atoms with Gasteiger partial charge in [0.2, 0.25) is 5.88 Å². The van der Waals surface area contributed by atoms with E-state index in [-0.39, 0.29) is 5.02 Å². The molecule has 6 heteroatoms. The van der Waals surface area contributed by atoms with Crippen LogP contribution in [0.4, 0.5) is 15.9 Å². The molecule has 1 aromatic heterocycles. The molecule has 0 amide bonds. The molecule has 1 heterocycles. The number of hydrogen-bond acceptors (Lipinski definition) is 4. The first kappa shape index (κ1) is 14.4. The molecule has 106 valence electrons. The number of aromatic nitrogens is 1. The van der Waals surface area contributed by atoms with Crippen molar-refractivity contribution in [2.75, 3.05) is 17.7 Å². The Morgan fingerprint density at radius 2 is 2.15 bits per heavy atom. The van der Waals surface area contributed by atoms with Crippen LogP contribution in [0.1, 0.15) is 12.5 Å². The van der Waals surface area contributed by atoms with E-state index in [1.165, 1.54) is 6.07 Å². The quantitative estimate of drug-likeness (QED) is 0.887. The summed E-state index contributed by atoms with van der Waals surface area (Å²) in [5.74, 6) is 0.595. The molecule has 0 radical (unpaired) electrons. The van der Waals surface area contributed by atoms with Crippen LogP contribution in [-0.4, -0.2) is 11.6 Å². The lowest BCUT2D eigenvalue weighted by Crippen LogP contribution is -2.05. The Morgan fingerprint density at radius 1 is 1.35 bits per heavy atom. The van der Waals surface area contributed by atoms with Gasteiger partial charge in [0.15, 0.2) is 0 Å². The highest BCUT2D eigenvalue weighted by atomic mass is 35.5. The molecule has 3 N–H and O–H groups in total. The van der Waals surface area contributed by atoms with Crippen LogP contribution < -0.4 is 15.8 Å². The molecular weight excluding hydrogens is 281 g/mol. The summed E-state index contributed by atoms with van der Waals surface area (Å²) in [7, 11) is 0. The maximum absolute atomic E-state index is 13.0. The average molecular weight is 296 g/mol. The van der Waals surface area contributed by atoms with Crippen molar-refractivity contribution in [3.05, 3.63) is 46.7 Å². The van der Waals surface area contributed by atoms with Gasteiger partial charge in [0.1, 0.15) is 11.6 Å². The standard InChI is InChI=1S/C14H15ClFN3O/c1-2-20-14-12(17)5-6-13(19-14)18-8-9-3-4-11(16)10(15)7-9/h3-7H,2,8,17H2,1H3,(H,18,19). The van der Waals surface area contributed by atoms with Crippen LogP contribution >= 0.6 is 11.6 Å². The van der Waals surface area contributed by atoms with Crippen molar-refractivity contribution in [2.24, 2.45) is 0 Å². The Labute approximate surface area is 121 Å². The van der Waals surface area contributed by atoms with Crippen molar-refractivity contribution in [1.82, 2.24) is 4.98 Å². The van der Waals surface area contributed by atoms with Gasteiger partial charge in [0, 0.05) is 6.54 Å². The first-order chi connectivity index (χ1) is 9.60. The normalized spacial score (nSPS) is 10.3. The van der Waals surface area contributed by atoms with Crippen LogP contribution in [0.5, 0.6) is 5.88 Å². The van der Waals surface area contributed by atoms with E-state index in [1.807, 2.05) is 6.92 Å². The largest absolute Gasteiger partial charge is 0.476 e. The maximum atomic E-state index is 13.0. The molecule has 0 aliphatic heterocycles. The minimum absolute atomic E-state index is 0.101. The number of hydrogen-bond donors (Lipinski definition) is 2. The second kappa shape index (κ2) is 6.43. The molecule has 0 fully saturated rings. The number of rotatable bonds is 5. The second-order valence-electron chi connectivity index (χ2n) is 4.13. The van der Waals surface area contributed by atoms with Gasteiger partial charge in [0.05, 0.1) is 17.3 Å². The molecule has 0 spiro atoms. The Morgan fingerprint density at radius 3 is 2.85 bits per heavy atom. The van der Waals surface area contributed by atoms with Gasteiger partial charge in [0.25, 0.3) is 0 Å². The number of nitrogen functional groups attached to an aromatic ring is 1. The highest BCUT2D eigenvalue weighted by Gasteiger charge is 2.05. The SMILES string of the molecule is CCOc1nc(NCc2ccc(F)c(Cl)c2)ccc1N. The van der Waals surface area contributed by atoms with Gasteiger partial charge in [-0.25, -0.2) is 4.39 Å². The topological polar surface area (TPSA) is 60.2 Å². The lowest BCUT2D eigenvalue weighted by Gasteiger charge is -2.10. The van der Waals surface area contributed by atoms with Crippen molar-refractivity contribution in [3.8, 4) is 5.88 Å². The number of ether oxygens (including phenoxy) is 1. The lowest BCUT2D eigenvalue weighted by atomic mass is 10.2. The van der Waals surface area contributed by atoms with E-state index in [2.05, 4.69) is 10.3 Å². The van der Waals surface area contributed by atoms with Gasteiger partial charge in [-0.05, 0) is 36.8 Å². The van der Waals surface area contributed by atoms with E-state index in [1.54, 1.807) is 24.3 Å². The Kier molecular flexibility index (Phi) is 4.63. The van der Waals surface area contributed by atoms with E-state index in [9.17, 15) is 4.39 Å². The molecule has 0 aliphatic carbocycles. The molecule has 20 heavy (non-hydrogen) atoms. The van der Waals surface area contributed by atoms with Crippen molar-refractivity contribution in [1.29, 1.82) is 0 Å². The maximum Gasteiger partial charge on any atom is 0.239 e. The fraction of sp³-hybridized carbons (Fsp3) is 0.214. The predicted molar refractivity (Wildman–Crippen MR) is 78.6 cm³/mol. The minimum atomic E-state index is -0.431. The van der Waals surface area contributed by atoms with Gasteiger partial charge in [-0.1, -0.05) is 17.7 Å². The molecule has 0 bridgehead atoms. The zero-order chi connectivity index (χ0) is 14.5. The highest BCUT2D eigenvalue weighted by molar-refractivity contribution is 6.30. The predicted octanol–water partition coefficient (Wildman–Crippen LogP) is 3.47. The first-order valence-corrected chi connectivity index (χ1v) is 6.55. The third-order valence-electron chi connectivity index (χ3n) is 2.63. The molecule has 0 atom stereocenters. The summed E-state index contributed by atoms with van der Waals surface area (Å²) in [6.07, 6.45) is 0. The van der Waals surface area contributed by atoms with Crippen LogP contribution in [0.3, 0.4) is 0 Å². The van der Waals surface area contributed by atoms with Crippen LogP contribution in [0.25, 0.3) is 0 Å². The van der Waals surface area contributed by atoms with Gasteiger partial charge in [-0.2, -0.15) is 4.98 Å². The van der Waals surface area contributed by atoms with E-state index < -0.39 is 5.82 Å². The zero-order valence-electron chi connectivity index (χ0n) is 11.0. The third-order valence-corrected chi connectivity index (χ3v) is 2.92. The van der Waals surface area contributed by atoms with Gasteiger partial charge in [-0.15, -0.1) is 0 Å². The van der Waals surface area contributed by atoms with E-state index >= 15 is 0 Å². The number of benzene rings is 1. The van der Waals surface area contributed by atoms with Crippen molar-refractivity contribution >= 4 is 23.1 Å². The zero-order valence-corrected chi connectivity index (χ0v) is 11.7. The van der Waals surface area contributed by atoms with E-state index in [4.69, 9.17) is 22.1 Å². The van der Waals surface area contributed by atoms with E-state index in [0.29, 0.717) is 30.5 Å². The fourth-order valence-electron chi connectivity index (χ4n) is 1.64. The van der Waals surface area contributed by atoms with Crippen LogP contribution in [0.2, 0.25) is 5.02 Å². The summed E-state index contributed by atoms with van der Waals surface area (Å²) in [4.78, 5) is 4.25. The highest BCUT2D eigenvalue weighted by Crippen LogP contribution is 2.22. The molecule has 0 aliphatic rings. The average Bonchev–Trinajstić information content (AvgIpc) is 2.43. The molecule has 2 aromatic rings. The van der Waals surface area contributed by atoms with Crippen LogP contribution in [-0.2, 0) is 6.54 Å². The van der Waals surface area contributed by atoms with E-state index in [0.717, 1.165) is 5.56 Å². The summed E-state index contributed by atoms with van der Waals surface area (Å²) < 4.78 is 18.4. The second-order valence-corrected chi connectivity index (χ2v) is 4.53.